The van der Waals surface area contributed by atoms with Crippen LogP contribution in [0.25, 0.3) is 10.9 Å². The van der Waals surface area contributed by atoms with E-state index in [2.05, 4.69) is 20.6 Å². The first-order chi connectivity index (χ1) is 16.9. The topological polar surface area (TPSA) is 112 Å². The number of carbonyl (C=O) groups excluding carboxylic acids is 2. The van der Waals surface area contributed by atoms with Crippen molar-refractivity contribution in [2.75, 3.05) is 32.2 Å². The van der Waals surface area contributed by atoms with Gasteiger partial charge in [-0.3, -0.25) is 4.79 Å². The Labute approximate surface area is 209 Å². The highest BCUT2D eigenvalue weighted by atomic mass is 35.5. The van der Waals surface area contributed by atoms with E-state index < -0.39 is 0 Å². The van der Waals surface area contributed by atoms with Crippen molar-refractivity contribution in [3.63, 3.8) is 0 Å². The Morgan fingerprint density at radius 2 is 2.03 bits per heavy atom. The zero-order valence-corrected chi connectivity index (χ0v) is 20.7. The molecule has 0 bridgehead atoms. The number of fused-ring (bicyclic) bond motifs is 1. The molecule has 0 spiro atoms. The first kappa shape index (κ1) is 26.2. The molecular weight excluding hydrogens is 472 g/mol. The molecule has 0 fully saturated rings. The van der Waals surface area contributed by atoms with Crippen LogP contribution in [0.3, 0.4) is 0 Å². The van der Waals surface area contributed by atoms with Gasteiger partial charge in [0, 0.05) is 48.2 Å². The maximum Gasteiger partial charge on any atom is 0.220 e. The van der Waals surface area contributed by atoms with Crippen LogP contribution >= 0.6 is 11.6 Å². The first-order valence-electron chi connectivity index (χ1n) is 11.3. The normalized spacial score (nSPS) is 11.7. The van der Waals surface area contributed by atoms with E-state index in [1.165, 1.54) is 6.33 Å². The molecule has 0 saturated carbocycles. The van der Waals surface area contributed by atoms with Crippen molar-refractivity contribution in [3.05, 3.63) is 47.2 Å². The third-order valence-electron chi connectivity index (χ3n) is 5.18. The van der Waals surface area contributed by atoms with Gasteiger partial charge in [0.05, 0.1) is 12.6 Å². The molecule has 35 heavy (non-hydrogen) atoms. The molecule has 2 aromatic carbocycles. The number of aldehydes is 1. The predicted octanol–water partition coefficient (Wildman–Crippen LogP) is 4.22. The lowest BCUT2D eigenvalue weighted by molar-refractivity contribution is -0.123. The van der Waals surface area contributed by atoms with Crippen LogP contribution in [0.5, 0.6) is 11.5 Å². The minimum atomic E-state index is -0.378. The zero-order chi connectivity index (χ0) is 25.2. The monoisotopic (exact) mass is 500 g/mol. The van der Waals surface area contributed by atoms with Crippen LogP contribution in [0.1, 0.15) is 25.3 Å². The minimum absolute atomic E-state index is 0.146. The maximum absolute atomic E-state index is 11.8. The fourth-order valence-corrected chi connectivity index (χ4v) is 3.50. The third-order valence-corrected chi connectivity index (χ3v) is 5.61. The van der Waals surface area contributed by atoms with E-state index in [9.17, 15) is 9.59 Å². The molecule has 2 N–H and O–H groups in total. The number of nitrogens with zero attached hydrogens (tertiary/aromatic N) is 2. The third kappa shape index (κ3) is 7.27. The number of nitrogens with one attached hydrogen (secondary N) is 2. The van der Waals surface area contributed by atoms with Gasteiger partial charge in [-0.2, -0.15) is 0 Å². The van der Waals surface area contributed by atoms with Crippen LogP contribution in [-0.2, 0) is 14.3 Å². The van der Waals surface area contributed by atoms with E-state index in [0.29, 0.717) is 34.5 Å². The number of ether oxygens (including phenoxy) is 3. The van der Waals surface area contributed by atoms with Gasteiger partial charge in [-0.1, -0.05) is 11.6 Å². The molecule has 1 atom stereocenters. The maximum atomic E-state index is 11.8. The summed E-state index contributed by atoms with van der Waals surface area (Å²) < 4.78 is 17.2. The molecule has 1 amide bonds. The van der Waals surface area contributed by atoms with Crippen LogP contribution in [0.15, 0.2) is 36.7 Å². The van der Waals surface area contributed by atoms with Gasteiger partial charge in [0.15, 0.2) is 11.5 Å². The highest BCUT2D eigenvalue weighted by Crippen LogP contribution is 2.35. The van der Waals surface area contributed by atoms with E-state index >= 15 is 0 Å². The van der Waals surface area contributed by atoms with E-state index in [1.807, 2.05) is 38.1 Å². The second kappa shape index (κ2) is 12.9. The van der Waals surface area contributed by atoms with Gasteiger partial charge in [-0.25, -0.2) is 9.97 Å². The molecule has 1 unspecified atom stereocenters. The number of aromatic nitrogens is 2. The SMILES string of the molecule is CCOC(CNC(=O)CCC=O)COc1cc2ncnc(Nc3ccc(Cl)c(C)c3)c2cc1OC. The van der Waals surface area contributed by atoms with Crippen molar-refractivity contribution in [1.82, 2.24) is 15.3 Å². The van der Waals surface area contributed by atoms with Crippen molar-refractivity contribution in [2.45, 2.75) is 32.8 Å². The van der Waals surface area contributed by atoms with Crippen LogP contribution in [0.2, 0.25) is 5.02 Å². The molecule has 9 nitrogen and oxygen atoms in total. The van der Waals surface area contributed by atoms with Gasteiger partial charge in [-0.15, -0.1) is 0 Å². The smallest absolute Gasteiger partial charge is 0.220 e. The lowest BCUT2D eigenvalue weighted by Crippen LogP contribution is -2.37. The Morgan fingerprint density at radius 1 is 1.20 bits per heavy atom. The summed E-state index contributed by atoms with van der Waals surface area (Å²) in [6.45, 7) is 4.71. The summed E-state index contributed by atoms with van der Waals surface area (Å²) >= 11 is 6.14. The average Bonchev–Trinajstić information content (AvgIpc) is 2.86. The van der Waals surface area contributed by atoms with Crippen LogP contribution in [0.4, 0.5) is 11.5 Å². The molecule has 3 aromatic rings. The summed E-state index contributed by atoms with van der Waals surface area (Å²) in [5.74, 6) is 1.40. The summed E-state index contributed by atoms with van der Waals surface area (Å²) in [5, 5.41) is 7.52. The number of hydrogen-bond acceptors (Lipinski definition) is 8. The zero-order valence-electron chi connectivity index (χ0n) is 20.0. The molecule has 0 aliphatic carbocycles. The highest BCUT2D eigenvalue weighted by Gasteiger charge is 2.16. The molecule has 0 saturated heterocycles. The Hall–Kier alpha value is -3.43. The quantitative estimate of drug-likeness (QED) is 0.335. The van der Waals surface area contributed by atoms with Crippen molar-refractivity contribution in [2.24, 2.45) is 0 Å². The van der Waals surface area contributed by atoms with Crippen molar-refractivity contribution < 1.29 is 23.8 Å². The molecule has 0 aliphatic heterocycles. The number of carbonyl (C=O) groups is 2. The predicted molar refractivity (Wildman–Crippen MR) is 135 cm³/mol. The lowest BCUT2D eigenvalue weighted by Gasteiger charge is -2.20. The molecular formula is C25H29ClN4O5. The number of rotatable bonds is 13. The summed E-state index contributed by atoms with van der Waals surface area (Å²) in [6.07, 6.45) is 2.15. The highest BCUT2D eigenvalue weighted by molar-refractivity contribution is 6.31. The van der Waals surface area contributed by atoms with Crippen molar-refractivity contribution in [3.8, 4) is 11.5 Å². The van der Waals surface area contributed by atoms with Gasteiger partial charge >= 0.3 is 0 Å². The summed E-state index contributed by atoms with van der Waals surface area (Å²) in [7, 11) is 1.56. The summed E-state index contributed by atoms with van der Waals surface area (Å²) in [6, 6.07) is 9.24. The number of benzene rings is 2. The van der Waals surface area contributed by atoms with E-state index in [1.54, 1.807) is 13.2 Å². The van der Waals surface area contributed by atoms with Crippen LogP contribution in [-0.4, -0.2) is 55.1 Å². The Bertz CT molecular complexity index is 1170. The van der Waals surface area contributed by atoms with E-state index in [-0.39, 0.29) is 38.0 Å². The summed E-state index contributed by atoms with van der Waals surface area (Å²) in [4.78, 5) is 31.0. The fourth-order valence-electron chi connectivity index (χ4n) is 3.39. The van der Waals surface area contributed by atoms with Crippen molar-refractivity contribution >= 4 is 46.2 Å². The number of methoxy groups -OCH3 is 1. The Kier molecular flexibility index (Phi) is 9.63. The van der Waals surface area contributed by atoms with Crippen LogP contribution in [0, 0.1) is 6.92 Å². The van der Waals surface area contributed by atoms with Gasteiger partial charge < -0.3 is 29.6 Å². The molecule has 1 aromatic heterocycles. The fraction of sp³-hybridized carbons (Fsp3) is 0.360. The number of halogens is 1. The van der Waals surface area contributed by atoms with E-state index in [4.69, 9.17) is 25.8 Å². The molecule has 1 heterocycles. The van der Waals surface area contributed by atoms with E-state index in [0.717, 1.165) is 22.9 Å². The average molecular weight is 501 g/mol. The lowest BCUT2D eigenvalue weighted by atomic mass is 10.2. The Balaban J connectivity index is 1.76. The van der Waals surface area contributed by atoms with Crippen molar-refractivity contribution in [1.29, 1.82) is 0 Å². The first-order valence-corrected chi connectivity index (χ1v) is 11.6. The van der Waals surface area contributed by atoms with Gasteiger partial charge in [0.2, 0.25) is 5.91 Å². The van der Waals surface area contributed by atoms with Gasteiger partial charge in [0.25, 0.3) is 0 Å². The molecule has 0 aliphatic rings. The summed E-state index contributed by atoms with van der Waals surface area (Å²) in [5.41, 5.74) is 2.46. The van der Waals surface area contributed by atoms with Crippen LogP contribution < -0.4 is 20.1 Å². The van der Waals surface area contributed by atoms with Gasteiger partial charge in [0.1, 0.15) is 31.1 Å². The Morgan fingerprint density at radius 3 is 2.74 bits per heavy atom. The number of aryl methyl sites for hydroxylation is 1. The number of anilines is 2. The number of amides is 1. The standard InChI is InChI=1S/C25H29ClN4O5/c1-4-34-18(13-27-24(32)6-5-9-31)14-35-23-12-21-19(11-22(23)33-3)25(29-15-28-21)30-17-7-8-20(26)16(2)10-17/h7-12,15,18H,4-6,13-14H2,1-3H3,(H,27,32)(H,28,29,30). The molecule has 0 radical (unpaired) electrons. The minimum Gasteiger partial charge on any atom is -0.493 e. The van der Waals surface area contributed by atoms with Gasteiger partial charge in [-0.05, 0) is 43.7 Å². The second-order valence-electron chi connectivity index (χ2n) is 7.73. The molecule has 10 heteroatoms. The number of hydrogen-bond donors (Lipinski definition) is 2. The molecule has 186 valence electrons. The molecule has 3 rings (SSSR count). The largest absolute Gasteiger partial charge is 0.493 e. The second-order valence-corrected chi connectivity index (χ2v) is 8.14.